The van der Waals surface area contributed by atoms with Gasteiger partial charge in [0.1, 0.15) is 5.75 Å². The Morgan fingerprint density at radius 3 is 2.72 bits per heavy atom. The van der Waals surface area contributed by atoms with Crippen molar-refractivity contribution in [3.05, 3.63) is 53.9 Å². The van der Waals surface area contributed by atoms with E-state index in [0.29, 0.717) is 17.0 Å². The number of aromatic nitrogens is 4. The normalized spacial score (nSPS) is 10.5. The van der Waals surface area contributed by atoms with Gasteiger partial charge in [-0.15, -0.1) is 0 Å². The SMILES string of the molecule is COc1cc(Nc2ncc(C)c(C(=O)O)n2)ccc1-n1cnc(C)c1. The summed E-state index contributed by atoms with van der Waals surface area (Å²) in [5.74, 6) is -0.254. The molecule has 0 spiro atoms. The predicted molar refractivity (Wildman–Crippen MR) is 91.9 cm³/mol. The first-order chi connectivity index (χ1) is 12.0. The van der Waals surface area contributed by atoms with Gasteiger partial charge >= 0.3 is 5.97 Å². The molecule has 0 fully saturated rings. The van der Waals surface area contributed by atoms with Crippen LogP contribution in [0.2, 0.25) is 0 Å². The number of methoxy groups -OCH3 is 1. The molecule has 2 N–H and O–H groups in total. The van der Waals surface area contributed by atoms with Gasteiger partial charge in [-0.25, -0.2) is 19.7 Å². The molecule has 2 heterocycles. The van der Waals surface area contributed by atoms with Crippen molar-refractivity contribution in [3.8, 4) is 11.4 Å². The zero-order valence-electron chi connectivity index (χ0n) is 14.0. The van der Waals surface area contributed by atoms with Gasteiger partial charge in [-0.3, -0.25) is 0 Å². The molecule has 8 heteroatoms. The second-order valence-electron chi connectivity index (χ2n) is 5.46. The molecule has 128 valence electrons. The molecule has 0 saturated heterocycles. The van der Waals surface area contributed by atoms with Crippen LogP contribution in [0.1, 0.15) is 21.7 Å². The van der Waals surface area contributed by atoms with E-state index in [1.807, 2.05) is 29.8 Å². The molecule has 25 heavy (non-hydrogen) atoms. The molecule has 0 saturated carbocycles. The summed E-state index contributed by atoms with van der Waals surface area (Å²) >= 11 is 0. The van der Waals surface area contributed by atoms with Gasteiger partial charge in [-0.05, 0) is 26.0 Å². The number of nitrogens with zero attached hydrogens (tertiary/aromatic N) is 4. The van der Waals surface area contributed by atoms with Crippen LogP contribution in [-0.2, 0) is 0 Å². The molecule has 1 aromatic carbocycles. The fraction of sp³-hybridized carbons (Fsp3) is 0.176. The fourth-order valence-corrected chi connectivity index (χ4v) is 2.37. The first-order valence-electron chi connectivity index (χ1n) is 7.51. The van der Waals surface area contributed by atoms with Gasteiger partial charge in [-0.2, -0.15) is 0 Å². The van der Waals surface area contributed by atoms with Crippen molar-refractivity contribution in [3.63, 3.8) is 0 Å². The smallest absolute Gasteiger partial charge is 0.354 e. The number of hydrogen-bond donors (Lipinski definition) is 2. The second kappa shape index (κ2) is 6.60. The van der Waals surface area contributed by atoms with E-state index in [1.54, 1.807) is 26.4 Å². The van der Waals surface area contributed by atoms with Gasteiger partial charge in [0.25, 0.3) is 0 Å². The topological polar surface area (TPSA) is 102 Å². The van der Waals surface area contributed by atoms with E-state index in [1.165, 1.54) is 6.20 Å². The molecule has 0 radical (unpaired) electrons. The molecule has 0 amide bonds. The van der Waals surface area contributed by atoms with Crippen LogP contribution >= 0.6 is 0 Å². The van der Waals surface area contributed by atoms with E-state index >= 15 is 0 Å². The molecular weight excluding hydrogens is 322 g/mol. The highest BCUT2D eigenvalue weighted by atomic mass is 16.5. The molecule has 3 aromatic rings. The first kappa shape index (κ1) is 16.4. The third-order valence-corrected chi connectivity index (χ3v) is 3.60. The number of rotatable bonds is 5. The highest BCUT2D eigenvalue weighted by Gasteiger charge is 2.12. The Bertz CT molecular complexity index is 936. The number of ether oxygens (including phenoxy) is 1. The number of benzene rings is 1. The van der Waals surface area contributed by atoms with Gasteiger partial charge in [0, 0.05) is 29.7 Å². The summed E-state index contributed by atoms with van der Waals surface area (Å²) in [4.78, 5) is 23.5. The van der Waals surface area contributed by atoms with E-state index in [-0.39, 0.29) is 11.6 Å². The Balaban J connectivity index is 1.91. The Morgan fingerprint density at radius 2 is 2.08 bits per heavy atom. The molecule has 8 nitrogen and oxygen atoms in total. The number of hydrogen-bond acceptors (Lipinski definition) is 6. The van der Waals surface area contributed by atoms with E-state index in [9.17, 15) is 4.79 Å². The summed E-state index contributed by atoms with van der Waals surface area (Å²) in [7, 11) is 1.58. The number of anilines is 2. The Kier molecular flexibility index (Phi) is 4.34. The average Bonchev–Trinajstić information content (AvgIpc) is 3.02. The standard InChI is InChI=1S/C17H17N5O3/c1-10-7-18-17(21-15(10)16(23)24)20-12-4-5-13(14(6-12)25-3)22-8-11(2)19-9-22/h4-9H,1-3H3,(H,23,24)(H,18,20,21). The predicted octanol–water partition coefficient (Wildman–Crippen LogP) is 2.73. The van der Waals surface area contributed by atoms with E-state index in [2.05, 4.69) is 20.3 Å². The third-order valence-electron chi connectivity index (χ3n) is 3.60. The number of carbonyl (C=O) groups is 1. The molecular formula is C17H17N5O3. The summed E-state index contributed by atoms with van der Waals surface area (Å²) in [5, 5.41) is 12.2. The Hall–Kier alpha value is -3.42. The number of nitrogens with one attached hydrogen (secondary N) is 1. The van der Waals surface area contributed by atoms with E-state index in [4.69, 9.17) is 9.84 Å². The van der Waals surface area contributed by atoms with Gasteiger partial charge in [-0.1, -0.05) is 0 Å². The van der Waals surface area contributed by atoms with E-state index in [0.717, 1.165) is 11.4 Å². The highest BCUT2D eigenvalue weighted by molar-refractivity contribution is 5.87. The molecule has 0 unspecified atom stereocenters. The van der Waals surface area contributed by atoms with E-state index < -0.39 is 5.97 Å². The summed E-state index contributed by atoms with van der Waals surface area (Å²) in [6.07, 6.45) is 5.08. The van der Waals surface area contributed by atoms with Gasteiger partial charge in [0.05, 0.1) is 24.8 Å². The van der Waals surface area contributed by atoms with Gasteiger partial charge in [0.2, 0.25) is 5.95 Å². The Labute approximate surface area is 144 Å². The van der Waals surface area contributed by atoms with Crippen molar-refractivity contribution < 1.29 is 14.6 Å². The monoisotopic (exact) mass is 339 g/mol. The quantitative estimate of drug-likeness (QED) is 0.737. The first-order valence-corrected chi connectivity index (χ1v) is 7.51. The Morgan fingerprint density at radius 1 is 1.28 bits per heavy atom. The number of carboxylic acid groups (broad SMARTS) is 1. The molecule has 0 atom stereocenters. The lowest BCUT2D eigenvalue weighted by Gasteiger charge is -2.12. The minimum absolute atomic E-state index is 0.0324. The van der Waals surface area contributed by atoms with Crippen molar-refractivity contribution in [2.24, 2.45) is 0 Å². The minimum Gasteiger partial charge on any atom is -0.494 e. The summed E-state index contributed by atoms with van der Waals surface area (Å²) in [5.41, 5.74) is 2.89. The second-order valence-corrected chi connectivity index (χ2v) is 5.46. The zero-order valence-corrected chi connectivity index (χ0v) is 14.0. The van der Waals surface area contributed by atoms with Crippen LogP contribution in [-0.4, -0.2) is 37.7 Å². The van der Waals surface area contributed by atoms with Crippen LogP contribution in [0.4, 0.5) is 11.6 Å². The fourth-order valence-electron chi connectivity index (χ4n) is 2.37. The largest absolute Gasteiger partial charge is 0.494 e. The van der Waals surface area contributed by atoms with Crippen LogP contribution in [0.3, 0.4) is 0 Å². The summed E-state index contributed by atoms with van der Waals surface area (Å²) in [6.45, 7) is 3.56. The number of aryl methyl sites for hydroxylation is 2. The van der Waals surface area contributed by atoms with Crippen LogP contribution in [0.25, 0.3) is 5.69 Å². The molecule has 0 aliphatic rings. The molecule has 0 aliphatic carbocycles. The number of carboxylic acids is 1. The number of imidazole rings is 1. The highest BCUT2D eigenvalue weighted by Crippen LogP contribution is 2.28. The summed E-state index contributed by atoms with van der Waals surface area (Å²) in [6, 6.07) is 5.49. The van der Waals surface area contributed by atoms with Crippen LogP contribution < -0.4 is 10.1 Å². The van der Waals surface area contributed by atoms with Crippen LogP contribution in [0.15, 0.2) is 36.9 Å². The summed E-state index contributed by atoms with van der Waals surface area (Å²) < 4.78 is 7.31. The lowest BCUT2D eigenvalue weighted by Crippen LogP contribution is -2.07. The maximum atomic E-state index is 11.2. The van der Waals surface area contributed by atoms with Gasteiger partial charge < -0.3 is 19.7 Å². The maximum Gasteiger partial charge on any atom is 0.354 e. The lowest BCUT2D eigenvalue weighted by molar-refractivity contribution is 0.0689. The molecule has 3 rings (SSSR count). The third kappa shape index (κ3) is 3.42. The van der Waals surface area contributed by atoms with Gasteiger partial charge in [0.15, 0.2) is 5.69 Å². The van der Waals surface area contributed by atoms with Crippen molar-refractivity contribution in [1.82, 2.24) is 19.5 Å². The molecule has 2 aromatic heterocycles. The van der Waals surface area contributed by atoms with Crippen LogP contribution in [0, 0.1) is 13.8 Å². The van der Waals surface area contributed by atoms with Crippen molar-refractivity contribution in [1.29, 1.82) is 0 Å². The lowest BCUT2D eigenvalue weighted by atomic mass is 10.2. The zero-order chi connectivity index (χ0) is 18.0. The molecule has 0 aliphatic heterocycles. The number of aromatic carboxylic acids is 1. The van der Waals surface area contributed by atoms with Crippen molar-refractivity contribution >= 4 is 17.6 Å². The van der Waals surface area contributed by atoms with Crippen molar-refractivity contribution in [2.75, 3.05) is 12.4 Å². The average molecular weight is 339 g/mol. The molecule has 0 bridgehead atoms. The minimum atomic E-state index is -1.09. The van der Waals surface area contributed by atoms with Crippen molar-refractivity contribution in [2.45, 2.75) is 13.8 Å². The van der Waals surface area contributed by atoms with Crippen LogP contribution in [0.5, 0.6) is 5.75 Å². The maximum absolute atomic E-state index is 11.2.